The maximum atomic E-state index is 11.9. The summed E-state index contributed by atoms with van der Waals surface area (Å²) in [6.07, 6.45) is 0.656. The first-order chi connectivity index (χ1) is 7.22. The molecule has 6 heteroatoms. The van der Waals surface area contributed by atoms with Gasteiger partial charge in [-0.1, -0.05) is 13.8 Å². The molecule has 0 aliphatic heterocycles. The van der Waals surface area contributed by atoms with Crippen LogP contribution in [0.1, 0.15) is 34.1 Å². The van der Waals surface area contributed by atoms with Crippen molar-refractivity contribution in [1.82, 2.24) is 9.03 Å². The lowest BCUT2D eigenvalue weighted by Crippen LogP contribution is -2.48. The minimum absolute atomic E-state index is 0.0526. The Labute approximate surface area is 99.6 Å². The molecule has 0 aromatic heterocycles. The summed E-state index contributed by atoms with van der Waals surface area (Å²) in [4.78, 5) is 0. The van der Waals surface area contributed by atoms with Gasteiger partial charge in [0.05, 0.1) is 0 Å². The maximum absolute atomic E-state index is 11.9. The average molecular weight is 251 g/mol. The van der Waals surface area contributed by atoms with Crippen LogP contribution in [0.4, 0.5) is 0 Å². The van der Waals surface area contributed by atoms with Gasteiger partial charge in [-0.2, -0.15) is 17.4 Å². The summed E-state index contributed by atoms with van der Waals surface area (Å²) in [5.74, 6) is 0.235. The first-order valence-corrected chi connectivity index (χ1v) is 7.11. The smallest absolute Gasteiger partial charge is 0.279 e. The van der Waals surface area contributed by atoms with E-state index in [2.05, 4.69) is 4.72 Å². The minimum atomic E-state index is -3.40. The number of hydrogen-bond acceptors (Lipinski definition) is 3. The lowest BCUT2D eigenvalue weighted by molar-refractivity contribution is 0.373. The fourth-order valence-corrected chi connectivity index (χ4v) is 2.75. The van der Waals surface area contributed by atoms with E-state index in [0.29, 0.717) is 13.0 Å². The molecule has 0 heterocycles. The molecule has 0 saturated carbocycles. The van der Waals surface area contributed by atoms with Gasteiger partial charge < -0.3 is 5.73 Å². The Balaban J connectivity index is 4.66. The zero-order valence-corrected chi connectivity index (χ0v) is 11.7. The highest BCUT2D eigenvalue weighted by molar-refractivity contribution is 7.87. The summed E-state index contributed by atoms with van der Waals surface area (Å²) in [6, 6.07) is -0.153. The molecule has 0 saturated heterocycles. The molecule has 0 rings (SSSR count). The van der Waals surface area contributed by atoms with Crippen molar-refractivity contribution in [3.63, 3.8) is 0 Å². The van der Waals surface area contributed by atoms with Crippen LogP contribution in [0.15, 0.2) is 0 Å². The fraction of sp³-hybridized carbons (Fsp3) is 1.00. The minimum Gasteiger partial charge on any atom is -0.330 e. The first-order valence-electron chi connectivity index (χ1n) is 5.67. The quantitative estimate of drug-likeness (QED) is 0.693. The Kier molecular flexibility index (Phi) is 6.47. The summed E-state index contributed by atoms with van der Waals surface area (Å²) in [5, 5.41) is 0. The number of nitrogens with zero attached hydrogens (tertiary/aromatic N) is 1. The summed E-state index contributed by atoms with van der Waals surface area (Å²) in [7, 11) is -1.82. The topological polar surface area (TPSA) is 75.4 Å². The van der Waals surface area contributed by atoms with Gasteiger partial charge in [0.15, 0.2) is 0 Å². The standard InChI is InChI=1S/C10H25N3O2S/c1-8(2)10(6-7-11)12-16(14,15)13(5)9(3)4/h8-10,12H,6-7,11H2,1-5H3. The lowest BCUT2D eigenvalue weighted by Gasteiger charge is -2.27. The molecular formula is C10H25N3O2S. The zero-order chi connectivity index (χ0) is 12.9. The van der Waals surface area contributed by atoms with Crippen molar-refractivity contribution in [2.24, 2.45) is 11.7 Å². The molecule has 0 aliphatic rings. The second kappa shape index (κ2) is 6.54. The normalized spacial score (nSPS) is 15.1. The van der Waals surface area contributed by atoms with E-state index in [1.54, 1.807) is 7.05 Å². The Morgan fingerprint density at radius 1 is 1.25 bits per heavy atom. The van der Waals surface area contributed by atoms with Crippen molar-refractivity contribution < 1.29 is 8.42 Å². The Morgan fingerprint density at radius 3 is 2.06 bits per heavy atom. The van der Waals surface area contributed by atoms with Crippen molar-refractivity contribution in [3.05, 3.63) is 0 Å². The second-order valence-corrected chi connectivity index (χ2v) is 6.42. The van der Waals surface area contributed by atoms with Gasteiger partial charge in [-0.3, -0.25) is 0 Å². The number of hydrogen-bond donors (Lipinski definition) is 2. The van der Waals surface area contributed by atoms with Crippen LogP contribution in [0, 0.1) is 5.92 Å². The van der Waals surface area contributed by atoms with Gasteiger partial charge >= 0.3 is 0 Å². The van der Waals surface area contributed by atoms with Crippen molar-refractivity contribution in [3.8, 4) is 0 Å². The Morgan fingerprint density at radius 2 is 1.75 bits per heavy atom. The molecule has 98 valence electrons. The van der Waals surface area contributed by atoms with Crippen LogP contribution in [0.2, 0.25) is 0 Å². The summed E-state index contributed by atoms with van der Waals surface area (Å²) < 4.78 is 27.9. The van der Waals surface area contributed by atoms with Crippen molar-refractivity contribution in [2.45, 2.75) is 46.2 Å². The van der Waals surface area contributed by atoms with Gasteiger partial charge in [0.2, 0.25) is 0 Å². The van der Waals surface area contributed by atoms with Crippen molar-refractivity contribution >= 4 is 10.2 Å². The first kappa shape index (κ1) is 15.8. The molecule has 16 heavy (non-hydrogen) atoms. The van der Waals surface area contributed by atoms with Gasteiger partial charge in [0.1, 0.15) is 0 Å². The molecule has 0 amide bonds. The van der Waals surface area contributed by atoms with Crippen LogP contribution in [0.5, 0.6) is 0 Å². The predicted molar refractivity (Wildman–Crippen MR) is 67.3 cm³/mol. The lowest BCUT2D eigenvalue weighted by atomic mass is 10.0. The molecule has 0 spiro atoms. The molecule has 1 atom stereocenters. The van der Waals surface area contributed by atoms with E-state index >= 15 is 0 Å². The average Bonchev–Trinajstić information content (AvgIpc) is 2.15. The Bertz CT molecular complexity index is 288. The summed E-state index contributed by atoms with van der Waals surface area (Å²) >= 11 is 0. The van der Waals surface area contributed by atoms with E-state index in [4.69, 9.17) is 5.73 Å². The maximum Gasteiger partial charge on any atom is 0.279 e. The van der Waals surface area contributed by atoms with E-state index in [9.17, 15) is 8.42 Å². The third-order valence-corrected chi connectivity index (χ3v) is 4.47. The highest BCUT2D eigenvalue weighted by Crippen LogP contribution is 2.09. The largest absolute Gasteiger partial charge is 0.330 e. The van der Waals surface area contributed by atoms with Crippen LogP contribution < -0.4 is 10.5 Å². The van der Waals surface area contributed by atoms with Gasteiger partial charge in [0.25, 0.3) is 10.2 Å². The molecule has 3 N–H and O–H groups in total. The molecule has 5 nitrogen and oxygen atoms in total. The van der Waals surface area contributed by atoms with Crippen LogP contribution >= 0.6 is 0 Å². The molecular weight excluding hydrogens is 226 g/mol. The van der Waals surface area contributed by atoms with Crippen LogP contribution in [-0.2, 0) is 10.2 Å². The number of rotatable bonds is 7. The predicted octanol–water partition coefficient (Wildman–Crippen LogP) is 0.534. The van der Waals surface area contributed by atoms with Crippen LogP contribution in [0.3, 0.4) is 0 Å². The molecule has 0 aromatic carbocycles. The summed E-state index contributed by atoms with van der Waals surface area (Å²) in [6.45, 7) is 8.13. The van der Waals surface area contributed by atoms with E-state index in [0.717, 1.165) is 0 Å². The van der Waals surface area contributed by atoms with Crippen LogP contribution in [-0.4, -0.2) is 38.4 Å². The van der Waals surface area contributed by atoms with E-state index in [-0.39, 0.29) is 18.0 Å². The molecule has 0 fully saturated rings. The van der Waals surface area contributed by atoms with Crippen LogP contribution in [0.25, 0.3) is 0 Å². The number of nitrogens with two attached hydrogens (primary N) is 1. The van der Waals surface area contributed by atoms with Gasteiger partial charge in [-0.25, -0.2) is 0 Å². The third-order valence-electron chi connectivity index (χ3n) is 2.69. The zero-order valence-electron chi connectivity index (χ0n) is 10.9. The molecule has 0 bridgehead atoms. The Hall–Kier alpha value is -0.170. The SMILES string of the molecule is CC(C)C(CCN)NS(=O)(=O)N(C)C(C)C. The van der Waals surface area contributed by atoms with E-state index in [1.165, 1.54) is 4.31 Å². The van der Waals surface area contributed by atoms with E-state index in [1.807, 2.05) is 27.7 Å². The molecule has 0 aromatic rings. The van der Waals surface area contributed by atoms with Crippen molar-refractivity contribution in [2.75, 3.05) is 13.6 Å². The summed E-state index contributed by atoms with van der Waals surface area (Å²) in [5.41, 5.74) is 5.47. The van der Waals surface area contributed by atoms with Gasteiger partial charge in [-0.05, 0) is 32.7 Å². The van der Waals surface area contributed by atoms with E-state index < -0.39 is 10.2 Å². The number of nitrogens with one attached hydrogen (secondary N) is 1. The monoisotopic (exact) mass is 251 g/mol. The van der Waals surface area contributed by atoms with Gasteiger partial charge in [-0.15, -0.1) is 0 Å². The fourth-order valence-electron chi connectivity index (χ4n) is 1.26. The van der Waals surface area contributed by atoms with Gasteiger partial charge in [0, 0.05) is 19.1 Å². The molecule has 1 unspecified atom stereocenters. The molecule has 0 aliphatic carbocycles. The van der Waals surface area contributed by atoms with Crippen molar-refractivity contribution in [1.29, 1.82) is 0 Å². The highest BCUT2D eigenvalue weighted by Gasteiger charge is 2.25. The second-order valence-electron chi connectivity index (χ2n) is 4.66. The molecule has 0 radical (unpaired) electrons. The highest BCUT2D eigenvalue weighted by atomic mass is 32.2. The third kappa shape index (κ3) is 4.78.